The van der Waals surface area contributed by atoms with E-state index in [2.05, 4.69) is 0 Å². The molecule has 3 aromatic rings. The van der Waals surface area contributed by atoms with Crippen LogP contribution in [0.3, 0.4) is 0 Å². The van der Waals surface area contributed by atoms with Crippen molar-refractivity contribution in [2.75, 3.05) is 0 Å². The van der Waals surface area contributed by atoms with Crippen molar-refractivity contribution < 1.29 is 18.7 Å². The van der Waals surface area contributed by atoms with Gasteiger partial charge in [-0.25, -0.2) is 4.39 Å². The Hall–Kier alpha value is -2.51. The van der Waals surface area contributed by atoms with Gasteiger partial charge in [0.05, 0.1) is 11.4 Å². The normalized spacial score (nSPS) is 14.9. The number of ether oxygens (including phenoxy) is 1. The Morgan fingerprint density at radius 2 is 1.61 bits per heavy atom. The average Bonchev–Trinajstić information content (AvgIpc) is 3.03. The summed E-state index contributed by atoms with van der Waals surface area (Å²) < 4.78 is 19.0. The molecule has 3 aromatic carbocycles. The van der Waals surface area contributed by atoms with E-state index < -0.39 is 17.0 Å². The van der Waals surface area contributed by atoms with Gasteiger partial charge in [0.25, 0.3) is 11.1 Å². The molecule has 0 spiro atoms. The van der Waals surface area contributed by atoms with Crippen LogP contribution in [0.4, 0.5) is 9.18 Å². The zero-order valence-electron chi connectivity index (χ0n) is 16.9. The first kappa shape index (κ1) is 23.6. The van der Waals surface area contributed by atoms with Crippen molar-refractivity contribution in [3.8, 4) is 5.75 Å². The van der Waals surface area contributed by atoms with E-state index in [0.717, 1.165) is 33.9 Å². The second-order valence-corrected chi connectivity index (χ2v) is 9.34. The van der Waals surface area contributed by atoms with Crippen LogP contribution in [0.2, 0.25) is 15.1 Å². The van der Waals surface area contributed by atoms with E-state index in [-0.39, 0.29) is 18.2 Å². The summed E-state index contributed by atoms with van der Waals surface area (Å²) in [6.45, 7) is 0.251. The topological polar surface area (TPSA) is 46.6 Å². The summed E-state index contributed by atoms with van der Waals surface area (Å²) in [6.07, 6.45) is 1.64. The summed E-state index contributed by atoms with van der Waals surface area (Å²) in [7, 11) is 0. The molecule has 0 unspecified atom stereocenters. The second kappa shape index (κ2) is 10.2. The van der Waals surface area contributed by atoms with Crippen LogP contribution in [0.5, 0.6) is 5.75 Å². The maximum absolute atomic E-state index is 13.2. The molecule has 1 fully saturated rings. The highest BCUT2D eigenvalue weighted by atomic mass is 35.5. The van der Waals surface area contributed by atoms with Crippen LogP contribution in [0.15, 0.2) is 65.6 Å². The molecular formula is C24H15Cl3FNO3S. The molecule has 0 bridgehead atoms. The van der Waals surface area contributed by atoms with Gasteiger partial charge in [0.15, 0.2) is 0 Å². The quantitative estimate of drug-likeness (QED) is 0.313. The first-order valence-electron chi connectivity index (χ1n) is 9.66. The number of carbonyl (C=O) groups excluding carboxylic acids is 2. The third-order valence-corrected chi connectivity index (χ3v) is 6.65. The number of hydrogen-bond acceptors (Lipinski definition) is 4. The van der Waals surface area contributed by atoms with Crippen LogP contribution in [-0.4, -0.2) is 16.0 Å². The molecule has 4 rings (SSSR count). The fourth-order valence-electron chi connectivity index (χ4n) is 3.07. The third-order valence-electron chi connectivity index (χ3n) is 4.80. The molecular weight excluding hydrogens is 508 g/mol. The van der Waals surface area contributed by atoms with E-state index in [9.17, 15) is 14.0 Å². The molecule has 168 valence electrons. The van der Waals surface area contributed by atoms with Gasteiger partial charge in [-0.1, -0.05) is 59.1 Å². The number of halogens is 4. The van der Waals surface area contributed by atoms with Crippen molar-refractivity contribution in [1.29, 1.82) is 0 Å². The largest absolute Gasteiger partial charge is 0.489 e. The maximum Gasteiger partial charge on any atom is 0.293 e. The number of thioether (sulfide) groups is 1. The van der Waals surface area contributed by atoms with Crippen molar-refractivity contribution >= 4 is 63.8 Å². The summed E-state index contributed by atoms with van der Waals surface area (Å²) in [5, 5.41) is 0.829. The highest BCUT2D eigenvalue weighted by Crippen LogP contribution is 2.34. The lowest BCUT2D eigenvalue weighted by Gasteiger charge is -2.13. The number of rotatable bonds is 6. The number of amides is 2. The average molecular weight is 523 g/mol. The minimum absolute atomic E-state index is 0.0266. The number of nitrogens with zero attached hydrogens (tertiary/aromatic N) is 1. The van der Waals surface area contributed by atoms with E-state index >= 15 is 0 Å². The summed E-state index contributed by atoms with van der Waals surface area (Å²) in [5.74, 6) is -0.290. The van der Waals surface area contributed by atoms with Crippen molar-refractivity contribution in [1.82, 2.24) is 4.90 Å². The molecule has 0 atom stereocenters. The van der Waals surface area contributed by atoms with Gasteiger partial charge in [0, 0.05) is 20.6 Å². The van der Waals surface area contributed by atoms with Gasteiger partial charge in [-0.15, -0.1) is 0 Å². The monoisotopic (exact) mass is 521 g/mol. The lowest BCUT2D eigenvalue weighted by atomic mass is 10.2. The summed E-state index contributed by atoms with van der Waals surface area (Å²) in [5.41, 5.74) is 2.03. The van der Waals surface area contributed by atoms with Gasteiger partial charge in [0.2, 0.25) is 0 Å². The van der Waals surface area contributed by atoms with Crippen molar-refractivity contribution in [2.24, 2.45) is 0 Å². The molecule has 0 saturated carbocycles. The van der Waals surface area contributed by atoms with E-state index in [1.807, 2.05) is 0 Å². The lowest BCUT2D eigenvalue weighted by Crippen LogP contribution is -2.27. The van der Waals surface area contributed by atoms with Gasteiger partial charge >= 0.3 is 0 Å². The van der Waals surface area contributed by atoms with Crippen molar-refractivity contribution in [3.63, 3.8) is 0 Å². The number of benzene rings is 3. The summed E-state index contributed by atoms with van der Waals surface area (Å²) in [6, 6.07) is 16.1. The Bertz CT molecular complexity index is 1260. The Labute approximate surface area is 208 Å². The molecule has 33 heavy (non-hydrogen) atoms. The van der Waals surface area contributed by atoms with Gasteiger partial charge in [-0.05, 0) is 65.4 Å². The first-order chi connectivity index (χ1) is 15.8. The zero-order chi connectivity index (χ0) is 23.5. The predicted octanol–water partition coefficient (Wildman–Crippen LogP) is 7.60. The van der Waals surface area contributed by atoms with Gasteiger partial charge in [-0.2, -0.15) is 0 Å². The molecule has 0 N–H and O–H groups in total. The van der Waals surface area contributed by atoms with Gasteiger partial charge in [-0.3, -0.25) is 14.5 Å². The van der Waals surface area contributed by atoms with Crippen LogP contribution >= 0.6 is 46.6 Å². The minimum atomic E-state index is -0.485. The minimum Gasteiger partial charge on any atom is -0.489 e. The third kappa shape index (κ3) is 5.71. The lowest BCUT2D eigenvalue weighted by molar-refractivity contribution is -0.123. The highest BCUT2D eigenvalue weighted by molar-refractivity contribution is 8.18. The predicted molar refractivity (Wildman–Crippen MR) is 130 cm³/mol. The summed E-state index contributed by atoms with van der Waals surface area (Å²) in [4.78, 5) is 26.5. The van der Waals surface area contributed by atoms with E-state index in [0.29, 0.717) is 26.3 Å². The van der Waals surface area contributed by atoms with Crippen LogP contribution in [0, 0.1) is 5.82 Å². The van der Waals surface area contributed by atoms with Crippen molar-refractivity contribution in [2.45, 2.75) is 13.2 Å². The first-order valence-corrected chi connectivity index (χ1v) is 11.6. The summed E-state index contributed by atoms with van der Waals surface area (Å²) >= 11 is 18.9. The number of imide groups is 1. The van der Waals surface area contributed by atoms with Crippen LogP contribution < -0.4 is 4.74 Å². The molecule has 9 heteroatoms. The zero-order valence-corrected chi connectivity index (χ0v) is 19.9. The SMILES string of the molecule is O=C1S/C(=C\c2ccc(OCc3ccc(Cl)cc3Cl)cc2)C(=O)N1Cc1ccc(F)cc1Cl. The molecule has 0 aromatic heterocycles. The molecule has 1 saturated heterocycles. The van der Waals surface area contributed by atoms with Crippen molar-refractivity contribution in [3.05, 3.63) is 103 Å². The standard InChI is InChI=1S/C24H15Cl3FNO3S/c25-17-5-3-16(20(26)10-17)13-32-19-7-1-14(2-8-19)9-22-23(30)29(24(31)33-22)12-15-4-6-18(28)11-21(15)27/h1-11H,12-13H2/b22-9-. The van der Waals surface area contributed by atoms with Gasteiger partial charge in [0.1, 0.15) is 18.2 Å². The molecule has 1 heterocycles. The molecule has 1 aliphatic rings. The van der Waals surface area contributed by atoms with E-state index in [1.54, 1.807) is 48.5 Å². The molecule has 4 nitrogen and oxygen atoms in total. The molecule has 0 aliphatic carbocycles. The molecule has 2 amide bonds. The Morgan fingerprint density at radius 1 is 0.909 bits per heavy atom. The van der Waals surface area contributed by atoms with Crippen LogP contribution in [0.25, 0.3) is 6.08 Å². The van der Waals surface area contributed by atoms with Crippen LogP contribution in [0.1, 0.15) is 16.7 Å². The highest BCUT2D eigenvalue weighted by Gasteiger charge is 2.35. The molecule has 0 radical (unpaired) electrons. The Balaban J connectivity index is 1.42. The number of carbonyl (C=O) groups is 2. The smallest absolute Gasteiger partial charge is 0.293 e. The van der Waals surface area contributed by atoms with E-state index in [1.165, 1.54) is 12.1 Å². The fourth-order valence-corrected chi connectivity index (χ4v) is 4.60. The maximum atomic E-state index is 13.2. The fraction of sp³-hybridized carbons (Fsp3) is 0.0833. The van der Waals surface area contributed by atoms with Crippen LogP contribution in [-0.2, 0) is 17.9 Å². The number of hydrogen-bond donors (Lipinski definition) is 0. The van der Waals surface area contributed by atoms with Gasteiger partial charge < -0.3 is 4.74 Å². The Morgan fingerprint density at radius 3 is 2.30 bits per heavy atom. The Kier molecular flexibility index (Phi) is 7.29. The van der Waals surface area contributed by atoms with E-state index in [4.69, 9.17) is 39.5 Å². The second-order valence-electron chi connectivity index (χ2n) is 7.10. The molecule has 1 aliphatic heterocycles.